The van der Waals surface area contributed by atoms with Crippen molar-refractivity contribution in [3.8, 4) is 0 Å². The SMILES string of the molecule is Cc1ccc(S(=O)(=O)N[C@@H](c2ccccc2)[C@H](NCCCC2=CCC=CC2)c2ccccc2)cc1. The Labute approximate surface area is 209 Å². The van der Waals surface area contributed by atoms with Gasteiger partial charge in [-0.3, -0.25) is 0 Å². The molecule has 35 heavy (non-hydrogen) atoms. The molecule has 0 aromatic heterocycles. The summed E-state index contributed by atoms with van der Waals surface area (Å²) in [7, 11) is -3.73. The molecular weight excluding hydrogens is 452 g/mol. The first kappa shape index (κ1) is 25.1. The van der Waals surface area contributed by atoms with Crippen LogP contribution in [-0.2, 0) is 10.0 Å². The van der Waals surface area contributed by atoms with E-state index in [1.807, 2.05) is 67.6 Å². The summed E-state index contributed by atoms with van der Waals surface area (Å²) in [5, 5.41) is 3.69. The van der Waals surface area contributed by atoms with Crippen molar-refractivity contribution < 1.29 is 8.42 Å². The van der Waals surface area contributed by atoms with Crippen molar-refractivity contribution in [3.05, 3.63) is 125 Å². The predicted molar refractivity (Wildman–Crippen MR) is 144 cm³/mol. The monoisotopic (exact) mass is 486 g/mol. The molecule has 5 heteroatoms. The van der Waals surface area contributed by atoms with E-state index in [1.54, 1.807) is 12.1 Å². The summed E-state index contributed by atoms with van der Waals surface area (Å²) in [4.78, 5) is 0.271. The Morgan fingerprint density at radius 1 is 0.800 bits per heavy atom. The van der Waals surface area contributed by atoms with E-state index in [0.29, 0.717) is 0 Å². The minimum atomic E-state index is -3.73. The van der Waals surface area contributed by atoms with Crippen LogP contribution in [-0.4, -0.2) is 15.0 Å². The fraction of sp³-hybridized carbons (Fsp3) is 0.267. The quantitative estimate of drug-likeness (QED) is 0.243. The lowest BCUT2D eigenvalue weighted by molar-refractivity contribution is 0.420. The highest BCUT2D eigenvalue weighted by atomic mass is 32.2. The van der Waals surface area contributed by atoms with E-state index in [9.17, 15) is 8.42 Å². The first-order valence-corrected chi connectivity index (χ1v) is 13.8. The zero-order valence-corrected chi connectivity index (χ0v) is 21.0. The van der Waals surface area contributed by atoms with Crippen LogP contribution in [0.25, 0.3) is 0 Å². The van der Waals surface area contributed by atoms with Crippen molar-refractivity contribution in [1.29, 1.82) is 0 Å². The second-order valence-corrected chi connectivity index (χ2v) is 10.8. The van der Waals surface area contributed by atoms with Gasteiger partial charge in [0.05, 0.1) is 17.0 Å². The molecule has 0 amide bonds. The second-order valence-electron chi connectivity index (χ2n) is 9.04. The molecule has 3 aromatic carbocycles. The molecule has 1 aliphatic rings. The number of allylic oxidation sites excluding steroid dienone is 4. The van der Waals surface area contributed by atoms with E-state index < -0.39 is 16.1 Å². The van der Waals surface area contributed by atoms with Gasteiger partial charge in [-0.25, -0.2) is 13.1 Å². The minimum absolute atomic E-state index is 0.223. The highest BCUT2D eigenvalue weighted by molar-refractivity contribution is 7.89. The van der Waals surface area contributed by atoms with Crippen LogP contribution in [0.5, 0.6) is 0 Å². The lowest BCUT2D eigenvalue weighted by Crippen LogP contribution is -2.39. The molecule has 182 valence electrons. The maximum atomic E-state index is 13.4. The first-order chi connectivity index (χ1) is 17.0. The Hall–Kier alpha value is -2.99. The van der Waals surface area contributed by atoms with Crippen molar-refractivity contribution in [1.82, 2.24) is 10.0 Å². The molecule has 0 saturated carbocycles. The Morgan fingerprint density at radius 3 is 2.03 bits per heavy atom. The molecule has 1 aliphatic carbocycles. The summed E-state index contributed by atoms with van der Waals surface area (Å²) < 4.78 is 29.9. The molecule has 2 atom stereocenters. The second kappa shape index (κ2) is 12.1. The summed E-state index contributed by atoms with van der Waals surface area (Å²) in [5.41, 5.74) is 4.47. The third kappa shape index (κ3) is 7.01. The Balaban J connectivity index is 1.60. The van der Waals surface area contributed by atoms with E-state index in [2.05, 4.69) is 40.4 Å². The van der Waals surface area contributed by atoms with Gasteiger partial charge in [0, 0.05) is 0 Å². The molecule has 0 bridgehead atoms. The maximum absolute atomic E-state index is 13.4. The summed E-state index contributed by atoms with van der Waals surface area (Å²) in [5.74, 6) is 0. The fourth-order valence-corrected chi connectivity index (χ4v) is 5.69. The van der Waals surface area contributed by atoms with Gasteiger partial charge in [-0.2, -0.15) is 0 Å². The van der Waals surface area contributed by atoms with Gasteiger partial charge in [-0.15, -0.1) is 0 Å². The molecule has 0 aliphatic heterocycles. The first-order valence-electron chi connectivity index (χ1n) is 12.3. The van der Waals surface area contributed by atoms with Crippen LogP contribution in [0.15, 0.2) is 114 Å². The van der Waals surface area contributed by atoms with Gasteiger partial charge in [0.1, 0.15) is 0 Å². The van der Waals surface area contributed by atoms with Crippen LogP contribution >= 0.6 is 0 Å². The van der Waals surface area contributed by atoms with Crippen molar-refractivity contribution in [2.75, 3.05) is 6.54 Å². The molecule has 2 N–H and O–H groups in total. The van der Waals surface area contributed by atoms with Crippen molar-refractivity contribution >= 4 is 10.0 Å². The molecule has 0 heterocycles. The number of rotatable bonds is 11. The number of hydrogen-bond acceptors (Lipinski definition) is 3. The van der Waals surface area contributed by atoms with E-state index >= 15 is 0 Å². The van der Waals surface area contributed by atoms with E-state index in [1.165, 1.54) is 5.57 Å². The lowest BCUT2D eigenvalue weighted by atomic mass is 9.93. The summed E-state index contributed by atoms with van der Waals surface area (Å²) >= 11 is 0. The minimum Gasteiger partial charge on any atom is -0.308 e. The van der Waals surface area contributed by atoms with E-state index in [0.717, 1.165) is 48.9 Å². The molecule has 3 aromatic rings. The average Bonchev–Trinajstić information content (AvgIpc) is 2.89. The zero-order valence-electron chi connectivity index (χ0n) is 20.2. The van der Waals surface area contributed by atoms with Gasteiger partial charge in [-0.1, -0.05) is 102 Å². The maximum Gasteiger partial charge on any atom is 0.241 e. The fourth-order valence-electron chi connectivity index (χ4n) is 4.46. The van der Waals surface area contributed by atoms with Crippen molar-refractivity contribution in [2.45, 2.75) is 49.6 Å². The van der Waals surface area contributed by atoms with Crippen LogP contribution < -0.4 is 10.0 Å². The largest absolute Gasteiger partial charge is 0.308 e. The Kier molecular flexibility index (Phi) is 8.69. The molecule has 4 rings (SSSR count). The van der Waals surface area contributed by atoms with E-state index in [4.69, 9.17) is 0 Å². The van der Waals surface area contributed by atoms with Crippen LogP contribution in [0, 0.1) is 6.92 Å². The Bertz CT molecular complexity index is 1230. The number of benzene rings is 3. The zero-order chi connectivity index (χ0) is 24.5. The van der Waals surface area contributed by atoms with Crippen LogP contribution in [0.1, 0.15) is 54.5 Å². The van der Waals surface area contributed by atoms with Gasteiger partial charge in [0.15, 0.2) is 0 Å². The van der Waals surface area contributed by atoms with Gasteiger partial charge in [0.2, 0.25) is 10.0 Å². The molecule has 0 fully saturated rings. The van der Waals surface area contributed by atoms with E-state index in [-0.39, 0.29) is 10.9 Å². The van der Waals surface area contributed by atoms with Crippen molar-refractivity contribution in [2.24, 2.45) is 0 Å². The topological polar surface area (TPSA) is 58.2 Å². The average molecular weight is 487 g/mol. The van der Waals surface area contributed by atoms with Crippen LogP contribution in [0.3, 0.4) is 0 Å². The number of hydrogen-bond donors (Lipinski definition) is 2. The molecule has 0 saturated heterocycles. The normalized spacial score (nSPS) is 15.4. The van der Waals surface area contributed by atoms with Gasteiger partial charge < -0.3 is 5.32 Å². The number of sulfonamides is 1. The lowest BCUT2D eigenvalue weighted by Gasteiger charge is -2.30. The molecule has 4 nitrogen and oxygen atoms in total. The van der Waals surface area contributed by atoms with Crippen LogP contribution in [0.2, 0.25) is 0 Å². The highest BCUT2D eigenvalue weighted by Crippen LogP contribution is 2.31. The summed E-state index contributed by atoms with van der Waals surface area (Å²) in [6, 6.07) is 26.2. The predicted octanol–water partition coefficient (Wildman–Crippen LogP) is 6.40. The number of aryl methyl sites for hydroxylation is 1. The summed E-state index contributed by atoms with van der Waals surface area (Å²) in [6.45, 7) is 2.74. The molecular formula is C30H34N2O2S. The van der Waals surface area contributed by atoms with Gasteiger partial charge in [0.25, 0.3) is 0 Å². The van der Waals surface area contributed by atoms with Crippen molar-refractivity contribution in [3.63, 3.8) is 0 Å². The summed E-state index contributed by atoms with van der Waals surface area (Å²) in [6.07, 6.45) is 10.9. The smallest absolute Gasteiger partial charge is 0.241 e. The molecule has 0 radical (unpaired) electrons. The van der Waals surface area contributed by atoms with Gasteiger partial charge >= 0.3 is 0 Å². The molecule has 0 spiro atoms. The third-order valence-corrected chi connectivity index (χ3v) is 7.85. The highest BCUT2D eigenvalue weighted by Gasteiger charge is 2.29. The van der Waals surface area contributed by atoms with Gasteiger partial charge in [-0.05, 0) is 62.4 Å². The Morgan fingerprint density at radius 2 is 1.43 bits per heavy atom. The third-order valence-electron chi connectivity index (χ3n) is 6.39. The standard InChI is InChI=1S/C30H34N2O2S/c1-24-19-21-28(22-20-24)35(33,34)32-30(27-17-9-4-10-18-27)29(26-15-7-3-8-16-26)31-23-11-14-25-12-5-2-6-13-25/h2-5,7-10,13,15-22,29-32H,6,11-12,14,23H2,1H3/t29-,30+/m1/s1. The number of nitrogens with one attached hydrogen (secondary N) is 2. The van der Waals surface area contributed by atoms with Crippen LogP contribution in [0.4, 0.5) is 0 Å². The molecule has 0 unspecified atom stereocenters.